The first kappa shape index (κ1) is 12.8. The van der Waals surface area contributed by atoms with Crippen molar-refractivity contribution in [3.05, 3.63) is 16.5 Å². The predicted molar refractivity (Wildman–Crippen MR) is 74.4 cm³/mol. The van der Waals surface area contributed by atoms with Gasteiger partial charge >= 0.3 is 0 Å². The molecule has 0 radical (unpaired) electrons. The van der Waals surface area contributed by atoms with Crippen LogP contribution in [0.3, 0.4) is 0 Å². The quantitative estimate of drug-likeness (QED) is 0.796. The normalized spacial score (nSPS) is 16.4. The first-order chi connectivity index (χ1) is 8.20. The lowest BCUT2D eigenvalue weighted by Crippen LogP contribution is -2.29. The van der Waals surface area contributed by atoms with Gasteiger partial charge in [0.25, 0.3) is 0 Å². The van der Waals surface area contributed by atoms with Crippen molar-refractivity contribution in [1.29, 1.82) is 0 Å². The Labute approximate surface area is 112 Å². The molecule has 1 aromatic heterocycles. The Kier molecular flexibility index (Phi) is 4.37. The van der Waals surface area contributed by atoms with Gasteiger partial charge in [-0.15, -0.1) is 0 Å². The van der Waals surface area contributed by atoms with E-state index in [-0.39, 0.29) is 0 Å². The van der Waals surface area contributed by atoms with Crippen molar-refractivity contribution in [2.24, 2.45) is 0 Å². The molecule has 0 amide bonds. The summed E-state index contributed by atoms with van der Waals surface area (Å²) in [6, 6.07) is 2.68. The van der Waals surface area contributed by atoms with E-state index >= 15 is 0 Å². The van der Waals surface area contributed by atoms with Gasteiger partial charge in [-0.1, -0.05) is 19.8 Å². The lowest BCUT2D eigenvalue weighted by atomic mass is 10.2. The zero-order valence-electron chi connectivity index (χ0n) is 10.6. The Bertz CT molecular complexity index is 375. The van der Waals surface area contributed by atoms with Crippen LogP contribution in [-0.4, -0.2) is 23.1 Å². The topological polar surface area (TPSA) is 29.0 Å². The predicted octanol–water partition coefficient (Wildman–Crippen LogP) is 3.57. The van der Waals surface area contributed by atoms with Gasteiger partial charge in [0.05, 0.1) is 0 Å². The number of aryl methyl sites for hydroxylation is 1. The Morgan fingerprint density at radius 3 is 2.71 bits per heavy atom. The first-order valence-electron chi connectivity index (χ1n) is 6.47. The zero-order chi connectivity index (χ0) is 12.3. The molecule has 17 heavy (non-hydrogen) atoms. The van der Waals surface area contributed by atoms with Crippen LogP contribution in [0.5, 0.6) is 0 Å². The molecule has 0 N–H and O–H groups in total. The molecule has 1 saturated carbocycles. The summed E-state index contributed by atoms with van der Waals surface area (Å²) in [5.41, 5.74) is 0. The second-order valence-corrected chi connectivity index (χ2v) is 5.58. The molecule has 0 saturated heterocycles. The molecule has 3 nitrogen and oxygen atoms in total. The lowest BCUT2D eigenvalue weighted by molar-refractivity contribution is 0.642. The van der Waals surface area contributed by atoms with Gasteiger partial charge in [0, 0.05) is 25.6 Å². The van der Waals surface area contributed by atoms with E-state index in [0.29, 0.717) is 6.04 Å². The van der Waals surface area contributed by atoms with E-state index < -0.39 is 0 Å². The van der Waals surface area contributed by atoms with Crippen molar-refractivity contribution in [1.82, 2.24) is 9.97 Å². The SMILES string of the molecule is CCCc1nc(Br)cc(N(C)C2CCCC2)n1. The molecule has 4 heteroatoms. The van der Waals surface area contributed by atoms with Crippen LogP contribution in [0.2, 0.25) is 0 Å². The van der Waals surface area contributed by atoms with Gasteiger partial charge in [-0.25, -0.2) is 9.97 Å². The molecule has 0 atom stereocenters. The van der Waals surface area contributed by atoms with Crippen LogP contribution in [0, 0.1) is 0 Å². The summed E-state index contributed by atoms with van der Waals surface area (Å²) in [5.74, 6) is 2.00. The van der Waals surface area contributed by atoms with E-state index in [1.54, 1.807) is 0 Å². The van der Waals surface area contributed by atoms with E-state index in [4.69, 9.17) is 0 Å². The smallest absolute Gasteiger partial charge is 0.133 e. The largest absolute Gasteiger partial charge is 0.357 e. The Balaban J connectivity index is 2.18. The van der Waals surface area contributed by atoms with Crippen molar-refractivity contribution < 1.29 is 0 Å². The van der Waals surface area contributed by atoms with Crippen LogP contribution >= 0.6 is 15.9 Å². The monoisotopic (exact) mass is 297 g/mol. The van der Waals surface area contributed by atoms with Gasteiger partial charge in [-0.3, -0.25) is 0 Å². The molecule has 1 aromatic rings. The van der Waals surface area contributed by atoms with E-state index in [9.17, 15) is 0 Å². The molecular formula is C13H20BrN3. The number of hydrogen-bond donors (Lipinski definition) is 0. The lowest BCUT2D eigenvalue weighted by Gasteiger charge is -2.25. The van der Waals surface area contributed by atoms with E-state index in [1.807, 2.05) is 6.07 Å². The maximum absolute atomic E-state index is 4.65. The number of rotatable bonds is 4. The highest BCUT2D eigenvalue weighted by Crippen LogP contribution is 2.27. The van der Waals surface area contributed by atoms with E-state index in [2.05, 4.69) is 44.8 Å². The molecule has 0 aromatic carbocycles. The molecule has 1 heterocycles. The van der Waals surface area contributed by atoms with E-state index in [1.165, 1.54) is 25.7 Å². The summed E-state index contributed by atoms with van der Waals surface area (Å²) in [6.07, 6.45) is 7.32. The van der Waals surface area contributed by atoms with Gasteiger partial charge < -0.3 is 4.90 Å². The molecule has 0 bridgehead atoms. The fourth-order valence-electron chi connectivity index (χ4n) is 2.45. The molecule has 1 fully saturated rings. The van der Waals surface area contributed by atoms with Crippen LogP contribution < -0.4 is 4.90 Å². The molecule has 1 aliphatic rings. The summed E-state index contributed by atoms with van der Waals surface area (Å²) in [7, 11) is 2.15. The Morgan fingerprint density at radius 1 is 1.35 bits per heavy atom. The third-order valence-corrected chi connectivity index (χ3v) is 3.84. The van der Waals surface area contributed by atoms with Crippen molar-refractivity contribution in [3.63, 3.8) is 0 Å². The third-order valence-electron chi connectivity index (χ3n) is 3.44. The number of hydrogen-bond acceptors (Lipinski definition) is 3. The standard InChI is InChI=1S/C13H20BrN3/c1-3-6-12-15-11(14)9-13(16-12)17(2)10-7-4-5-8-10/h9-10H,3-8H2,1-2H3. The van der Waals surface area contributed by atoms with Crippen LogP contribution in [0.15, 0.2) is 10.7 Å². The maximum Gasteiger partial charge on any atom is 0.133 e. The molecule has 0 unspecified atom stereocenters. The fraction of sp³-hybridized carbons (Fsp3) is 0.692. The Morgan fingerprint density at radius 2 is 2.06 bits per heavy atom. The summed E-state index contributed by atoms with van der Waals surface area (Å²) in [5, 5.41) is 0. The summed E-state index contributed by atoms with van der Waals surface area (Å²) < 4.78 is 0.899. The summed E-state index contributed by atoms with van der Waals surface area (Å²) in [6.45, 7) is 2.16. The summed E-state index contributed by atoms with van der Waals surface area (Å²) in [4.78, 5) is 11.4. The number of aromatic nitrogens is 2. The minimum absolute atomic E-state index is 0.659. The van der Waals surface area contributed by atoms with Gasteiger partial charge in [-0.2, -0.15) is 0 Å². The number of nitrogens with zero attached hydrogens (tertiary/aromatic N) is 3. The highest BCUT2D eigenvalue weighted by atomic mass is 79.9. The third kappa shape index (κ3) is 3.18. The second kappa shape index (κ2) is 5.80. The highest BCUT2D eigenvalue weighted by Gasteiger charge is 2.21. The van der Waals surface area contributed by atoms with Gasteiger partial charge in [-0.05, 0) is 35.2 Å². The van der Waals surface area contributed by atoms with Crippen LogP contribution in [0.25, 0.3) is 0 Å². The van der Waals surface area contributed by atoms with E-state index in [0.717, 1.165) is 29.1 Å². The Hall–Kier alpha value is -0.640. The van der Waals surface area contributed by atoms with Crippen molar-refractivity contribution in [2.45, 2.75) is 51.5 Å². The van der Waals surface area contributed by atoms with Crippen LogP contribution in [0.1, 0.15) is 44.9 Å². The number of anilines is 1. The second-order valence-electron chi connectivity index (χ2n) is 4.76. The van der Waals surface area contributed by atoms with Crippen molar-refractivity contribution >= 4 is 21.7 Å². The molecule has 94 valence electrons. The summed E-state index contributed by atoms with van der Waals surface area (Å²) >= 11 is 3.48. The zero-order valence-corrected chi connectivity index (χ0v) is 12.2. The van der Waals surface area contributed by atoms with Crippen molar-refractivity contribution in [2.75, 3.05) is 11.9 Å². The molecule has 2 rings (SSSR count). The number of halogens is 1. The molecule has 1 aliphatic carbocycles. The van der Waals surface area contributed by atoms with Crippen LogP contribution in [-0.2, 0) is 6.42 Å². The molecule has 0 spiro atoms. The van der Waals surface area contributed by atoms with Gasteiger partial charge in [0.1, 0.15) is 16.2 Å². The average molecular weight is 298 g/mol. The minimum atomic E-state index is 0.659. The van der Waals surface area contributed by atoms with Crippen LogP contribution in [0.4, 0.5) is 5.82 Å². The molecular weight excluding hydrogens is 278 g/mol. The fourth-order valence-corrected chi connectivity index (χ4v) is 2.86. The van der Waals surface area contributed by atoms with Crippen molar-refractivity contribution in [3.8, 4) is 0 Å². The minimum Gasteiger partial charge on any atom is -0.357 e. The highest BCUT2D eigenvalue weighted by molar-refractivity contribution is 9.10. The van der Waals surface area contributed by atoms with Gasteiger partial charge in [0.2, 0.25) is 0 Å². The first-order valence-corrected chi connectivity index (χ1v) is 7.26. The average Bonchev–Trinajstić information content (AvgIpc) is 2.81. The molecule has 0 aliphatic heterocycles. The maximum atomic E-state index is 4.65. The van der Waals surface area contributed by atoms with Gasteiger partial charge in [0.15, 0.2) is 0 Å².